The van der Waals surface area contributed by atoms with Gasteiger partial charge in [-0.3, -0.25) is 0 Å². The van der Waals surface area contributed by atoms with Crippen molar-refractivity contribution >= 4 is 38.7 Å². The Morgan fingerprint density at radius 2 is 1.50 bits per heavy atom. The first-order valence-electron chi connectivity index (χ1n) is 8.68. The van der Waals surface area contributed by atoms with Crippen molar-refractivity contribution in [2.45, 2.75) is 24.7 Å². The van der Waals surface area contributed by atoms with E-state index in [9.17, 15) is 8.42 Å². The van der Waals surface area contributed by atoms with Gasteiger partial charge in [0.15, 0.2) is 5.11 Å². The predicted octanol–water partition coefficient (Wildman–Crippen LogP) is 3.92. The van der Waals surface area contributed by atoms with Gasteiger partial charge in [0.25, 0.3) is 0 Å². The second kappa shape index (κ2) is 8.16. The number of hydrogen-bond acceptors (Lipinski definition) is 3. The summed E-state index contributed by atoms with van der Waals surface area (Å²) in [5, 5.41) is 6.61. The topological polar surface area (TPSA) is 61.4 Å². The third-order valence-electron chi connectivity index (χ3n) is 4.52. The Labute approximate surface area is 160 Å². The molecule has 0 aromatic heterocycles. The normalized spacial score (nSPS) is 16.2. The van der Waals surface area contributed by atoms with E-state index in [-0.39, 0.29) is 0 Å². The van der Waals surface area contributed by atoms with Gasteiger partial charge in [-0.2, -0.15) is 4.31 Å². The van der Waals surface area contributed by atoms with E-state index in [0.717, 1.165) is 24.2 Å². The molecule has 0 atom stereocenters. The van der Waals surface area contributed by atoms with Gasteiger partial charge in [0, 0.05) is 24.5 Å². The number of para-hydroxylation sites is 1. The number of anilines is 2. The number of nitrogens with zero attached hydrogens (tertiary/aromatic N) is 1. The molecule has 3 rings (SSSR count). The monoisotopic (exact) mass is 389 g/mol. The zero-order valence-electron chi connectivity index (χ0n) is 14.7. The molecule has 1 saturated heterocycles. The maximum absolute atomic E-state index is 12.7. The van der Waals surface area contributed by atoms with Gasteiger partial charge in [0.1, 0.15) is 0 Å². The molecule has 1 heterocycles. The lowest BCUT2D eigenvalue weighted by atomic mass is 10.0. The molecule has 0 saturated carbocycles. The summed E-state index contributed by atoms with van der Waals surface area (Å²) in [6, 6.07) is 16.3. The maximum Gasteiger partial charge on any atom is 0.243 e. The number of sulfonamides is 1. The smallest absolute Gasteiger partial charge is 0.243 e. The van der Waals surface area contributed by atoms with Crippen LogP contribution in [0.4, 0.5) is 11.4 Å². The van der Waals surface area contributed by atoms with Crippen LogP contribution >= 0.6 is 12.2 Å². The SMILES string of the molecule is CC1CCN(S(=O)(=O)c2ccc(NC(=S)Nc3ccccc3)cc2)CC1. The zero-order chi connectivity index (χ0) is 18.6. The molecule has 26 heavy (non-hydrogen) atoms. The first-order valence-corrected chi connectivity index (χ1v) is 10.5. The lowest BCUT2D eigenvalue weighted by Gasteiger charge is -2.29. The second-order valence-electron chi connectivity index (χ2n) is 6.56. The van der Waals surface area contributed by atoms with Gasteiger partial charge in [0.2, 0.25) is 10.0 Å². The fourth-order valence-electron chi connectivity index (χ4n) is 2.90. The van der Waals surface area contributed by atoms with Crippen molar-refractivity contribution in [3.05, 3.63) is 54.6 Å². The van der Waals surface area contributed by atoms with Crippen LogP contribution in [0.1, 0.15) is 19.8 Å². The van der Waals surface area contributed by atoms with Gasteiger partial charge in [0.05, 0.1) is 4.90 Å². The minimum atomic E-state index is -3.42. The lowest BCUT2D eigenvalue weighted by molar-refractivity contribution is 0.288. The molecule has 1 fully saturated rings. The van der Waals surface area contributed by atoms with E-state index in [1.165, 1.54) is 0 Å². The molecule has 0 spiro atoms. The van der Waals surface area contributed by atoms with Crippen LogP contribution in [-0.4, -0.2) is 30.9 Å². The summed E-state index contributed by atoms with van der Waals surface area (Å²) in [6.45, 7) is 3.35. The average molecular weight is 390 g/mol. The van der Waals surface area contributed by atoms with Gasteiger partial charge < -0.3 is 10.6 Å². The van der Waals surface area contributed by atoms with E-state index in [1.807, 2.05) is 30.3 Å². The molecule has 1 aliphatic heterocycles. The number of benzene rings is 2. The number of rotatable bonds is 4. The van der Waals surface area contributed by atoms with Gasteiger partial charge in [-0.1, -0.05) is 25.1 Å². The summed E-state index contributed by atoms with van der Waals surface area (Å²) in [5.41, 5.74) is 1.63. The molecule has 0 aliphatic carbocycles. The van der Waals surface area contributed by atoms with Crippen molar-refractivity contribution in [2.75, 3.05) is 23.7 Å². The molecule has 0 unspecified atom stereocenters. The van der Waals surface area contributed by atoms with Crippen LogP contribution in [0.5, 0.6) is 0 Å². The number of nitrogens with one attached hydrogen (secondary N) is 2. The summed E-state index contributed by atoms with van der Waals surface area (Å²) < 4.78 is 27.1. The van der Waals surface area contributed by atoms with Crippen LogP contribution in [0.25, 0.3) is 0 Å². The summed E-state index contributed by atoms with van der Waals surface area (Å²) in [7, 11) is -3.42. The first kappa shape index (κ1) is 18.8. The summed E-state index contributed by atoms with van der Waals surface area (Å²) in [5.74, 6) is 0.589. The van der Waals surface area contributed by atoms with Crippen LogP contribution in [0, 0.1) is 5.92 Å². The molecular formula is C19H23N3O2S2. The Kier molecular flexibility index (Phi) is 5.90. The zero-order valence-corrected chi connectivity index (χ0v) is 16.3. The Morgan fingerprint density at radius 3 is 2.08 bits per heavy atom. The van der Waals surface area contributed by atoms with Crippen LogP contribution in [-0.2, 0) is 10.0 Å². The largest absolute Gasteiger partial charge is 0.332 e. The fraction of sp³-hybridized carbons (Fsp3) is 0.316. The van der Waals surface area contributed by atoms with Gasteiger partial charge in [-0.05, 0) is 67.4 Å². The van der Waals surface area contributed by atoms with Crippen molar-refractivity contribution in [2.24, 2.45) is 5.92 Å². The Balaban J connectivity index is 1.63. The Morgan fingerprint density at radius 1 is 0.962 bits per heavy atom. The van der Waals surface area contributed by atoms with E-state index in [1.54, 1.807) is 28.6 Å². The molecule has 2 aromatic carbocycles. The summed E-state index contributed by atoms with van der Waals surface area (Å²) in [4.78, 5) is 0.319. The molecular weight excluding hydrogens is 366 g/mol. The van der Waals surface area contributed by atoms with Crippen molar-refractivity contribution in [3.63, 3.8) is 0 Å². The van der Waals surface area contributed by atoms with E-state index >= 15 is 0 Å². The molecule has 0 amide bonds. The number of thiocarbonyl (C=S) groups is 1. The molecule has 1 aliphatic rings. The van der Waals surface area contributed by atoms with Gasteiger partial charge in [-0.15, -0.1) is 0 Å². The van der Waals surface area contributed by atoms with E-state index in [4.69, 9.17) is 12.2 Å². The Hall–Kier alpha value is -1.96. The third-order valence-corrected chi connectivity index (χ3v) is 6.64. The maximum atomic E-state index is 12.7. The first-order chi connectivity index (χ1) is 12.4. The standard InChI is InChI=1S/C19H23N3O2S2/c1-15-11-13-22(14-12-15)26(23,24)18-9-7-17(8-10-18)21-19(25)20-16-5-3-2-4-6-16/h2-10,15H,11-14H2,1H3,(H2,20,21,25). The third kappa shape index (κ3) is 4.60. The van der Waals surface area contributed by atoms with E-state index in [0.29, 0.717) is 29.0 Å². The van der Waals surface area contributed by atoms with E-state index in [2.05, 4.69) is 17.6 Å². The lowest BCUT2D eigenvalue weighted by Crippen LogP contribution is -2.37. The van der Waals surface area contributed by atoms with Gasteiger partial charge in [-0.25, -0.2) is 8.42 Å². The van der Waals surface area contributed by atoms with Crippen LogP contribution in [0.3, 0.4) is 0 Å². The number of hydrogen-bond donors (Lipinski definition) is 2. The van der Waals surface area contributed by atoms with Crippen molar-refractivity contribution in [3.8, 4) is 0 Å². The summed E-state index contributed by atoms with van der Waals surface area (Å²) in [6.07, 6.45) is 1.83. The van der Waals surface area contributed by atoms with E-state index < -0.39 is 10.0 Å². The highest BCUT2D eigenvalue weighted by molar-refractivity contribution is 7.89. The summed E-state index contributed by atoms with van der Waals surface area (Å²) >= 11 is 5.29. The fourth-order valence-corrected chi connectivity index (χ4v) is 4.60. The van der Waals surface area contributed by atoms with Gasteiger partial charge >= 0.3 is 0 Å². The quantitative estimate of drug-likeness (QED) is 0.776. The molecule has 2 aromatic rings. The minimum Gasteiger partial charge on any atom is -0.332 e. The van der Waals surface area contributed by atoms with Crippen molar-refractivity contribution in [1.29, 1.82) is 0 Å². The van der Waals surface area contributed by atoms with Crippen molar-refractivity contribution < 1.29 is 8.42 Å². The molecule has 138 valence electrons. The molecule has 0 radical (unpaired) electrons. The molecule has 7 heteroatoms. The minimum absolute atomic E-state index is 0.319. The molecule has 5 nitrogen and oxygen atoms in total. The highest BCUT2D eigenvalue weighted by Crippen LogP contribution is 2.24. The Bertz CT molecular complexity index is 844. The highest BCUT2D eigenvalue weighted by Gasteiger charge is 2.27. The second-order valence-corrected chi connectivity index (χ2v) is 8.90. The van der Waals surface area contributed by atoms with Crippen LogP contribution < -0.4 is 10.6 Å². The van der Waals surface area contributed by atoms with Crippen LogP contribution in [0.15, 0.2) is 59.5 Å². The highest BCUT2D eigenvalue weighted by atomic mass is 32.2. The van der Waals surface area contributed by atoms with Crippen LogP contribution in [0.2, 0.25) is 0 Å². The number of piperidine rings is 1. The average Bonchev–Trinajstić information content (AvgIpc) is 2.63. The predicted molar refractivity (Wildman–Crippen MR) is 110 cm³/mol. The van der Waals surface area contributed by atoms with Crippen molar-refractivity contribution in [1.82, 2.24) is 4.31 Å². The molecule has 0 bridgehead atoms. The molecule has 2 N–H and O–H groups in total.